The molecule has 3 heterocycles. The number of pyridine rings is 1. The van der Waals surface area contributed by atoms with Gasteiger partial charge >= 0.3 is 0 Å². The van der Waals surface area contributed by atoms with E-state index in [1.54, 1.807) is 6.07 Å². The van der Waals surface area contributed by atoms with E-state index in [0.717, 1.165) is 42.0 Å². The molecule has 0 unspecified atom stereocenters. The summed E-state index contributed by atoms with van der Waals surface area (Å²) in [6.07, 6.45) is 0.813. The molecule has 2 aliphatic heterocycles. The molecule has 2 aliphatic rings. The molecular weight excluding hydrogens is 344 g/mol. The fourth-order valence-electron chi connectivity index (χ4n) is 3.81. The normalized spacial score (nSPS) is 18.5. The van der Waals surface area contributed by atoms with Crippen LogP contribution in [0.25, 0.3) is 11.3 Å². The van der Waals surface area contributed by atoms with Crippen molar-refractivity contribution in [2.45, 2.75) is 32.9 Å². The first kappa shape index (κ1) is 18.1. The number of hydrogen-bond acceptors (Lipinski definition) is 5. The summed E-state index contributed by atoms with van der Waals surface area (Å²) >= 11 is 0. The highest BCUT2D eigenvalue weighted by atomic mass is 16.6. The maximum Gasteiger partial charge on any atom is 0.197 e. The zero-order valence-corrected chi connectivity index (χ0v) is 15.9. The number of rotatable bonds is 5. The van der Waals surface area contributed by atoms with Crippen LogP contribution in [0.2, 0.25) is 0 Å². The minimum Gasteiger partial charge on any atom is -0.476 e. The third kappa shape index (κ3) is 3.59. The molecular formula is C21H26N2O4. The maximum atomic E-state index is 12.6. The largest absolute Gasteiger partial charge is 0.476 e. The van der Waals surface area contributed by atoms with Crippen molar-refractivity contribution in [1.29, 1.82) is 0 Å². The molecule has 1 atom stereocenters. The van der Waals surface area contributed by atoms with Gasteiger partial charge in [0.2, 0.25) is 0 Å². The van der Waals surface area contributed by atoms with E-state index in [0.29, 0.717) is 32.3 Å². The second kappa shape index (κ2) is 7.74. The van der Waals surface area contributed by atoms with Crippen molar-refractivity contribution in [2.24, 2.45) is 0 Å². The molecule has 6 heteroatoms. The van der Waals surface area contributed by atoms with E-state index in [2.05, 4.69) is 35.0 Å². The highest BCUT2D eigenvalue weighted by Gasteiger charge is 2.23. The molecule has 1 saturated heterocycles. The fraction of sp³-hybridized carbons (Fsp3) is 0.476. The Hall–Kier alpha value is -2.31. The summed E-state index contributed by atoms with van der Waals surface area (Å²) in [4.78, 5) is 12.6. The lowest BCUT2D eigenvalue weighted by molar-refractivity contribution is -0.102. The van der Waals surface area contributed by atoms with E-state index in [1.165, 1.54) is 5.56 Å². The van der Waals surface area contributed by atoms with E-state index < -0.39 is 0 Å². The van der Waals surface area contributed by atoms with Gasteiger partial charge in [-0.2, -0.15) is 0 Å². The first-order valence-electron chi connectivity index (χ1n) is 9.61. The molecule has 0 bridgehead atoms. The Bertz CT molecular complexity index is 884. The Morgan fingerprint density at radius 2 is 2.19 bits per heavy atom. The first-order valence-corrected chi connectivity index (χ1v) is 9.61. The molecule has 0 aliphatic carbocycles. The monoisotopic (exact) mass is 370 g/mol. The molecule has 2 aromatic rings. The average molecular weight is 370 g/mol. The summed E-state index contributed by atoms with van der Waals surface area (Å²) < 4.78 is 19.2. The zero-order chi connectivity index (χ0) is 18.8. The number of benzene rings is 1. The molecule has 6 nitrogen and oxygen atoms in total. The summed E-state index contributed by atoms with van der Waals surface area (Å²) in [5.74, 6) is 0.608. The van der Waals surface area contributed by atoms with Gasteiger partial charge < -0.3 is 24.1 Å². The number of fused-ring (bicyclic) bond motifs is 3. The molecule has 0 spiro atoms. The summed E-state index contributed by atoms with van der Waals surface area (Å²) in [5, 5.41) is 3.36. The van der Waals surface area contributed by atoms with E-state index in [4.69, 9.17) is 14.2 Å². The van der Waals surface area contributed by atoms with Crippen molar-refractivity contribution in [1.82, 2.24) is 4.57 Å². The van der Waals surface area contributed by atoms with Crippen LogP contribution in [0, 0.1) is 6.92 Å². The Morgan fingerprint density at radius 3 is 2.96 bits per heavy atom. The third-order valence-corrected chi connectivity index (χ3v) is 5.16. The van der Waals surface area contributed by atoms with Gasteiger partial charge in [-0.25, -0.2) is 0 Å². The molecule has 144 valence electrons. The molecule has 0 saturated carbocycles. The Morgan fingerprint density at radius 1 is 1.30 bits per heavy atom. The van der Waals surface area contributed by atoms with Gasteiger partial charge in [0, 0.05) is 36.0 Å². The molecule has 0 radical (unpaired) electrons. The van der Waals surface area contributed by atoms with Crippen LogP contribution in [0.5, 0.6) is 5.88 Å². The number of aryl methyl sites for hydroxylation is 1. The smallest absolute Gasteiger partial charge is 0.197 e. The fourth-order valence-corrected chi connectivity index (χ4v) is 3.81. The van der Waals surface area contributed by atoms with Gasteiger partial charge in [0.25, 0.3) is 0 Å². The SMILES string of the molecule is CCNc1ccc2c(c1)CCn1c(OC[C@@H]3COCCO3)cc(=O)c(C)c1-2. The van der Waals surface area contributed by atoms with Gasteiger partial charge in [0.05, 0.1) is 25.5 Å². The molecule has 27 heavy (non-hydrogen) atoms. The lowest BCUT2D eigenvalue weighted by atomic mass is 9.94. The van der Waals surface area contributed by atoms with Gasteiger partial charge in [-0.15, -0.1) is 0 Å². The van der Waals surface area contributed by atoms with Crippen LogP contribution in [-0.4, -0.2) is 43.6 Å². The highest BCUT2D eigenvalue weighted by Crippen LogP contribution is 2.35. The molecule has 0 amide bonds. The number of ether oxygens (including phenoxy) is 3. The summed E-state index contributed by atoms with van der Waals surface area (Å²) in [6, 6.07) is 7.96. The van der Waals surface area contributed by atoms with Gasteiger partial charge in [-0.3, -0.25) is 4.79 Å². The predicted octanol–water partition coefficient (Wildman–Crippen LogP) is 2.61. The second-order valence-corrected chi connectivity index (χ2v) is 7.00. The minimum atomic E-state index is -0.0926. The van der Waals surface area contributed by atoms with Crippen LogP contribution in [0.3, 0.4) is 0 Å². The van der Waals surface area contributed by atoms with Crippen molar-refractivity contribution < 1.29 is 14.2 Å². The second-order valence-electron chi connectivity index (χ2n) is 7.00. The minimum absolute atomic E-state index is 0.000622. The van der Waals surface area contributed by atoms with Crippen molar-refractivity contribution in [3.8, 4) is 17.1 Å². The Balaban J connectivity index is 1.67. The number of nitrogens with one attached hydrogen (secondary N) is 1. The molecule has 1 aromatic carbocycles. The summed E-state index contributed by atoms with van der Waals surface area (Å²) in [7, 11) is 0. The van der Waals surface area contributed by atoms with Gasteiger partial charge in [-0.1, -0.05) is 6.07 Å². The van der Waals surface area contributed by atoms with Crippen molar-refractivity contribution in [2.75, 3.05) is 38.3 Å². The first-order chi connectivity index (χ1) is 13.2. The van der Waals surface area contributed by atoms with Crippen LogP contribution in [-0.2, 0) is 22.4 Å². The summed E-state index contributed by atoms with van der Waals surface area (Å²) in [6.45, 7) is 7.78. The predicted molar refractivity (Wildman–Crippen MR) is 105 cm³/mol. The lowest BCUT2D eigenvalue weighted by Gasteiger charge is -2.28. The van der Waals surface area contributed by atoms with Crippen LogP contribution in [0.4, 0.5) is 5.69 Å². The summed E-state index contributed by atoms with van der Waals surface area (Å²) in [5.41, 5.74) is 5.21. The standard InChI is InChI=1S/C21H26N2O4/c1-3-22-16-4-5-18-15(10-16)6-7-23-20(11-19(24)14(2)21(18)23)27-13-17-12-25-8-9-26-17/h4-5,10-11,17,22H,3,6-9,12-13H2,1-2H3/t17-/m0/s1. The number of nitrogens with zero attached hydrogens (tertiary/aromatic N) is 1. The topological polar surface area (TPSA) is 61.7 Å². The molecule has 1 N–H and O–H groups in total. The van der Waals surface area contributed by atoms with Crippen LogP contribution in [0.15, 0.2) is 29.1 Å². The van der Waals surface area contributed by atoms with Gasteiger partial charge in [0.1, 0.15) is 12.7 Å². The Kier molecular flexibility index (Phi) is 5.18. The van der Waals surface area contributed by atoms with Crippen molar-refractivity contribution >= 4 is 5.69 Å². The van der Waals surface area contributed by atoms with Gasteiger partial charge in [0.15, 0.2) is 11.3 Å². The molecule has 4 rings (SSSR count). The molecule has 1 fully saturated rings. The Labute approximate surface area is 159 Å². The third-order valence-electron chi connectivity index (χ3n) is 5.16. The van der Waals surface area contributed by atoms with E-state index >= 15 is 0 Å². The highest BCUT2D eigenvalue weighted by molar-refractivity contribution is 5.72. The number of aromatic nitrogens is 1. The van der Waals surface area contributed by atoms with Crippen molar-refractivity contribution in [3.63, 3.8) is 0 Å². The van der Waals surface area contributed by atoms with E-state index in [9.17, 15) is 4.79 Å². The maximum absolute atomic E-state index is 12.6. The van der Waals surface area contributed by atoms with Crippen LogP contribution in [0.1, 0.15) is 18.1 Å². The quantitative estimate of drug-likeness (QED) is 0.877. The number of hydrogen-bond donors (Lipinski definition) is 1. The average Bonchev–Trinajstić information content (AvgIpc) is 2.70. The molecule has 1 aromatic heterocycles. The lowest BCUT2D eigenvalue weighted by Crippen LogP contribution is -2.34. The zero-order valence-electron chi connectivity index (χ0n) is 15.9. The van der Waals surface area contributed by atoms with E-state index in [-0.39, 0.29) is 11.5 Å². The van der Waals surface area contributed by atoms with Crippen molar-refractivity contribution in [3.05, 3.63) is 45.6 Å². The van der Waals surface area contributed by atoms with Crippen LogP contribution >= 0.6 is 0 Å². The van der Waals surface area contributed by atoms with E-state index in [1.807, 2.05) is 6.92 Å². The number of anilines is 1. The van der Waals surface area contributed by atoms with Crippen LogP contribution < -0.4 is 15.5 Å². The van der Waals surface area contributed by atoms with Gasteiger partial charge in [-0.05, 0) is 38.0 Å².